The predicted octanol–water partition coefficient (Wildman–Crippen LogP) is 2.54. The first-order chi connectivity index (χ1) is 11.4. The fourth-order valence-corrected chi connectivity index (χ4v) is 3.34. The van der Waals surface area contributed by atoms with E-state index in [1.807, 2.05) is 0 Å². The van der Waals surface area contributed by atoms with E-state index >= 15 is 0 Å². The lowest BCUT2D eigenvalue weighted by Gasteiger charge is -2.23. The number of aliphatic hydroxyl groups excluding tert-OH is 1. The number of anilines is 1. The minimum absolute atomic E-state index is 0.139. The maximum absolute atomic E-state index is 12.4. The number of carbonyl (C=O) groups excluding carboxylic acids is 2. The summed E-state index contributed by atoms with van der Waals surface area (Å²) in [6.07, 6.45) is 1.46. The van der Waals surface area contributed by atoms with Crippen LogP contribution in [0.3, 0.4) is 0 Å². The molecule has 0 saturated carbocycles. The molecule has 0 saturated heterocycles. The van der Waals surface area contributed by atoms with Crippen LogP contribution in [0, 0.1) is 10.1 Å². The van der Waals surface area contributed by atoms with Gasteiger partial charge in [0.15, 0.2) is 16.7 Å². The Balaban J connectivity index is 2.26. The Morgan fingerprint density at radius 2 is 2.12 bits per heavy atom. The van der Waals surface area contributed by atoms with Crippen LogP contribution >= 0.6 is 11.3 Å². The number of hydrogen-bond donors (Lipinski definition) is 1. The summed E-state index contributed by atoms with van der Waals surface area (Å²) in [5.74, 6) is -2.05. The monoisotopic (exact) mass is 345 g/mol. The molecule has 2 heterocycles. The zero-order chi connectivity index (χ0) is 17.4. The molecule has 9 heteroatoms. The Bertz CT molecular complexity index is 875. The van der Waals surface area contributed by atoms with E-state index in [0.29, 0.717) is 0 Å². The van der Waals surface area contributed by atoms with Crippen molar-refractivity contribution in [2.24, 2.45) is 0 Å². The average Bonchev–Trinajstić information content (AvgIpc) is 3.14. The Labute approximate surface area is 139 Å². The second-order valence-electron chi connectivity index (χ2n) is 5.03. The number of para-hydroxylation sites is 1. The van der Waals surface area contributed by atoms with Gasteiger partial charge >= 0.3 is 0 Å². The van der Waals surface area contributed by atoms with Gasteiger partial charge in [0.25, 0.3) is 11.6 Å². The Hall–Kier alpha value is -3.07. The Kier molecular flexibility index (Phi) is 3.86. The molecule has 8 nitrogen and oxygen atoms in total. The van der Waals surface area contributed by atoms with Gasteiger partial charge in [-0.25, -0.2) is 4.98 Å². The average molecular weight is 345 g/mol. The van der Waals surface area contributed by atoms with Crippen LogP contribution in [0.1, 0.15) is 18.5 Å². The lowest BCUT2D eigenvalue weighted by Crippen LogP contribution is -2.31. The fourth-order valence-electron chi connectivity index (χ4n) is 2.68. The summed E-state index contributed by atoms with van der Waals surface area (Å²) in [5.41, 5.74) is -0.282. The summed E-state index contributed by atoms with van der Waals surface area (Å²) >= 11 is 1.13. The Morgan fingerprint density at radius 3 is 2.71 bits per heavy atom. The number of benzene rings is 1. The second kappa shape index (κ2) is 5.85. The van der Waals surface area contributed by atoms with Gasteiger partial charge in [0, 0.05) is 17.6 Å². The first-order valence-corrected chi connectivity index (χ1v) is 7.72. The van der Waals surface area contributed by atoms with Crippen molar-refractivity contribution in [2.45, 2.75) is 13.0 Å². The van der Waals surface area contributed by atoms with Gasteiger partial charge in [0.1, 0.15) is 6.04 Å². The van der Waals surface area contributed by atoms with Crippen molar-refractivity contribution < 1.29 is 19.6 Å². The minimum Gasteiger partial charge on any atom is -0.503 e. The number of nitrogens with zero attached hydrogens (tertiary/aromatic N) is 3. The largest absolute Gasteiger partial charge is 0.503 e. The highest BCUT2D eigenvalue weighted by atomic mass is 32.1. The molecule has 24 heavy (non-hydrogen) atoms. The van der Waals surface area contributed by atoms with Gasteiger partial charge in [-0.15, -0.1) is 11.3 Å². The van der Waals surface area contributed by atoms with Crippen LogP contribution in [0.25, 0.3) is 0 Å². The van der Waals surface area contributed by atoms with Gasteiger partial charge in [-0.1, -0.05) is 12.1 Å². The number of nitro benzene ring substituents is 1. The number of Topliss-reactive ketones (excluding diaryl/α,β-unsaturated/α-hetero) is 1. The van der Waals surface area contributed by atoms with Crippen molar-refractivity contribution in [1.29, 1.82) is 0 Å². The first kappa shape index (κ1) is 15.8. The van der Waals surface area contributed by atoms with E-state index in [1.54, 1.807) is 11.4 Å². The quantitative estimate of drug-likeness (QED) is 0.673. The lowest BCUT2D eigenvalue weighted by atomic mass is 9.95. The molecule has 1 atom stereocenters. The number of amides is 1. The van der Waals surface area contributed by atoms with Crippen LogP contribution in [0.5, 0.6) is 0 Å². The van der Waals surface area contributed by atoms with Crippen molar-refractivity contribution in [3.8, 4) is 0 Å². The molecule has 3 rings (SSSR count). The van der Waals surface area contributed by atoms with Gasteiger partial charge in [0.2, 0.25) is 0 Å². The molecule has 1 aromatic carbocycles. The maximum atomic E-state index is 12.4. The maximum Gasteiger partial charge on any atom is 0.296 e. The number of hydrogen-bond acceptors (Lipinski definition) is 7. The summed E-state index contributed by atoms with van der Waals surface area (Å²) in [6.45, 7) is 1.20. The number of aromatic nitrogens is 1. The second-order valence-corrected chi connectivity index (χ2v) is 5.90. The first-order valence-electron chi connectivity index (χ1n) is 6.84. The predicted molar refractivity (Wildman–Crippen MR) is 85.8 cm³/mol. The Morgan fingerprint density at radius 1 is 1.42 bits per heavy atom. The highest BCUT2D eigenvalue weighted by Gasteiger charge is 2.46. The van der Waals surface area contributed by atoms with E-state index < -0.39 is 28.4 Å². The van der Waals surface area contributed by atoms with Crippen LogP contribution < -0.4 is 4.90 Å². The number of aliphatic hydroxyl groups is 1. The summed E-state index contributed by atoms with van der Waals surface area (Å²) in [5, 5.41) is 23.3. The lowest BCUT2D eigenvalue weighted by molar-refractivity contribution is -0.385. The molecule has 0 fully saturated rings. The number of nitro groups is 1. The molecular formula is C15H11N3O5S. The van der Waals surface area contributed by atoms with Crippen molar-refractivity contribution in [2.75, 3.05) is 4.90 Å². The van der Waals surface area contributed by atoms with Crippen molar-refractivity contribution >= 4 is 33.8 Å². The topological polar surface area (TPSA) is 114 Å². The van der Waals surface area contributed by atoms with Crippen molar-refractivity contribution in [1.82, 2.24) is 4.98 Å². The van der Waals surface area contributed by atoms with Gasteiger partial charge in [-0.2, -0.15) is 0 Å². The van der Waals surface area contributed by atoms with Gasteiger partial charge in [-0.3, -0.25) is 24.6 Å². The van der Waals surface area contributed by atoms with Crippen LogP contribution in [-0.2, 0) is 9.59 Å². The molecule has 2 aromatic rings. The van der Waals surface area contributed by atoms with Crippen LogP contribution in [0.2, 0.25) is 0 Å². The number of carbonyl (C=O) groups is 2. The summed E-state index contributed by atoms with van der Waals surface area (Å²) < 4.78 is 0. The van der Waals surface area contributed by atoms with Crippen LogP contribution in [-0.4, -0.2) is 26.7 Å². The van der Waals surface area contributed by atoms with E-state index in [0.717, 1.165) is 16.2 Å². The smallest absolute Gasteiger partial charge is 0.296 e. The van der Waals surface area contributed by atoms with E-state index in [9.17, 15) is 24.8 Å². The molecule has 0 unspecified atom stereocenters. The minimum atomic E-state index is -1.09. The SMILES string of the molecule is CC(=O)C1=C(O)C(=O)N(c2nccs2)[C@@H]1c1ccccc1[N+](=O)[O-]. The molecule has 1 N–H and O–H groups in total. The normalized spacial score (nSPS) is 17.5. The highest BCUT2D eigenvalue weighted by molar-refractivity contribution is 7.13. The molecule has 1 aromatic heterocycles. The molecule has 0 radical (unpaired) electrons. The standard InChI is InChI=1S/C15H11N3O5S/c1-8(19)11-12(9-4-2-3-5-10(9)18(22)23)17(14(21)13(11)20)15-16-6-7-24-15/h2-7,12,20H,1H3/t12-/m1/s1. The molecular weight excluding hydrogens is 334 g/mol. The number of rotatable bonds is 4. The van der Waals surface area contributed by atoms with Gasteiger partial charge in [0.05, 0.1) is 16.1 Å². The van der Waals surface area contributed by atoms with E-state index in [-0.39, 0.29) is 22.0 Å². The zero-order valence-electron chi connectivity index (χ0n) is 12.4. The molecule has 1 amide bonds. The number of thiazole rings is 1. The van der Waals surface area contributed by atoms with E-state index in [2.05, 4.69) is 4.98 Å². The molecule has 0 bridgehead atoms. The van der Waals surface area contributed by atoms with Crippen molar-refractivity contribution in [3.63, 3.8) is 0 Å². The van der Waals surface area contributed by atoms with Crippen molar-refractivity contribution in [3.05, 3.63) is 62.9 Å². The van der Waals surface area contributed by atoms with Crippen LogP contribution in [0.15, 0.2) is 47.2 Å². The molecule has 0 spiro atoms. The third-order valence-corrected chi connectivity index (χ3v) is 4.41. The molecule has 1 aliphatic heterocycles. The summed E-state index contributed by atoms with van der Waals surface area (Å²) in [7, 11) is 0. The highest BCUT2D eigenvalue weighted by Crippen LogP contribution is 2.43. The molecule has 122 valence electrons. The van der Waals surface area contributed by atoms with Gasteiger partial charge < -0.3 is 5.11 Å². The van der Waals surface area contributed by atoms with E-state index in [4.69, 9.17) is 0 Å². The third-order valence-electron chi connectivity index (χ3n) is 3.64. The number of ketones is 1. The molecule has 0 aliphatic carbocycles. The zero-order valence-corrected chi connectivity index (χ0v) is 13.2. The van der Waals surface area contributed by atoms with Gasteiger partial charge in [-0.05, 0) is 13.0 Å². The van der Waals surface area contributed by atoms with Crippen LogP contribution in [0.4, 0.5) is 10.8 Å². The summed E-state index contributed by atoms with van der Waals surface area (Å²) in [6, 6.07) is 4.71. The molecule has 1 aliphatic rings. The van der Waals surface area contributed by atoms with E-state index in [1.165, 1.54) is 31.3 Å². The third kappa shape index (κ3) is 2.35. The summed E-state index contributed by atoms with van der Waals surface area (Å²) in [4.78, 5) is 40.3. The fraction of sp³-hybridized carbons (Fsp3) is 0.133.